The standard InChI is InChI=1S/C44H26O9/c45-36-28(21-17-15-20(16-18-21)23-11-5-8-19-7-1-2-9-22(19)23)32-30-31-33(39(48)38(32)47)29(37(46)41(50)35(31)43(52)42(51)34(30)40(36)49)26-13-6-12-25-24-10-3-4-14-27(24)53-44(25)26/h1-18,45-52H. The van der Waals surface area contributed by atoms with Crippen LogP contribution in [0.3, 0.4) is 0 Å². The van der Waals surface area contributed by atoms with Crippen molar-refractivity contribution in [2.24, 2.45) is 0 Å². The van der Waals surface area contributed by atoms with Gasteiger partial charge in [0.05, 0.1) is 10.8 Å². The first-order chi connectivity index (χ1) is 25.7. The van der Waals surface area contributed by atoms with Crippen LogP contribution in [-0.2, 0) is 0 Å². The number of furan rings is 1. The molecule has 256 valence electrons. The molecule has 8 N–H and O–H groups in total. The van der Waals surface area contributed by atoms with E-state index in [4.69, 9.17) is 4.42 Å². The highest BCUT2D eigenvalue weighted by Crippen LogP contribution is 2.64. The summed E-state index contributed by atoms with van der Waals surface area (Å²) in [5.41, 5.74) is 2.99. The number of phenolic OH excluding ortho intramolecular Hbond substituents is 8. The SMILES string of the molecule is Oc1c(O)c2c(O)c(O)c3c(O)c(O)c(-c4cccc5c4oc4ccccc45)c4c(O)c(O)c(c1-c1ccc(-c5cccc6ccccc56)cc1)c2c34. The summed E-state index contributed by atoms with van der Waals surface area (Å²) in [4.78, 5) is 0. The quantitative estimate of drug-likeness (QED) is 0.0659. The maximum atomic E-state index is 12.0. The second-order valence-corrected chi connectivity index (χ2v) is 13.2. The summed E-state index contributed by atoms with van der Waals surface area (Å²) in [6, 6.07) is 33.3. The summed E-state index contributed by atoms with van der Waals surface area (Å²) in [5, 5.41) is 94.8. The number of phenols is 8. The van der Waals surface area contributed by atoms with Crippen LogP contribution in [0.15, 0.2) is 114 Å². The van der Waals surface area contributed by atoms with E-state index in [9.17, 15) is 40.9 Å². The zero-order valence-corrected chi connectivity index (χ0v) is 27.4. The highest BCUT2D eigenvalue weighted by molar-refractivity contribution is 6.37. The highest BCUT2D eigenvalue weighted by Gasteiger charge is 2.35. The number of aromatic hydroxyl groups is 8. The van der Waals surface area contributed by atoms with Gasteiger partial charge in [0, 0.05) is 49.0 Å². The summed E-state index contributed by atoms with van der Waals surface area (Å²) >= 11 is 0. The summed E-state index contributed by atoms with van der Waals surface area (Å²) in [6.07, 6.45) is 0. The molecule has 0 fully saturated rings. The van der Waals surface area contributed by atoms with Crippen molar-refractivity contribution in [2.75, 3.05) is 0 Å². The molecule has 0 unspecified atom stereocenters. The summed E-state index contributed by atoms with van der Waals surface area (Å²) in [5.74, 6) is -6.54. The summed E-state index contributed by atoms with van der Waals surface area (Å²) < 4.78 is 6.21. The maximum absolute atomic E-state index is 12.0. The predicted octanol–water partition coefficient (Wildman–Crippen LogP) is 10.3. The Balaban J connectivity index is 1.33. The maximum Gasteiger partial charge on any atom is 0.170 e. The van der Waals surface area contributed by atoms with Crippen LogP contribution in [0.25, 0.3) is 98.4 Å². The molecule has 53 heavy (non-hydrogen) atoms. The largest absolute Gasteiger partial charge is 0.504 e. The van der Waals surface area contributed by atoms with E-state index in [0.717, 1.165) is 27.3 Å². The lowest BCUT2D eigenvalue weighted by molar-refractivity contribution is 0.391. The van der Waals surface area contributed by atoms with Crippen molar-refractivity contribution in [1.29, 1.82) is 0 Å². The molecule has 0 aliphatic rings. The number of benzene rings is 9. The number of hydrogen-bond donors (Lipinski definition) is 8. The molecular weight excluding hydrogens is 672 g/mol. The van der Waals surface area contributed by atoms with Crippen LogP contribution in [0.5, 0.6) is 46.0 Å². The number of hydrogen-bond acceptors (Lipinski definition) is 9. The van der Waals surface area contributed by atoms with Crippen molar-refractivity contribution >= 4 is 65.0 Å². The van der Waals surface area contributed by atoms with Gasteiger partial charge in [0.2, 0.25) is 0 Å². The Hall–Kier alpha value is -7.52. The van der Waals surface area contributed by atoms with Crippen LogP contribution in [0.2, 0.25) is 0 Å². The van der Waals surface area contributed by atoms with Crippen molar-refractivity contribution in [3.05, 3.63) is 109 Å². The van der Waals surface area contributed by atoms with Crippen molar-refractivity contribution in [2.45, 2.75) is 0 Å². The molecule has 0 saturated heterocycles. The van der Waals surface area contributed by atoms with Gasteiger partial charge in [-0.25, -0.2) is 0 Å². The van der Waals surface area contributed by atoms with Gasteiger partial charge in [-0.3, -0.25) is 0 Å². The Morgan fingerprint density at radius 1 is 0.321 bits per heavy atom. The Labute approximate surface area is 298 Å². The first kappa shape index (κ1) is 30.3. The first-order valence-electron chi connectivity index (χ1n) is 16.7. The van der Waals surface area contributed by atoms with E-state index in [1.54, 1.807) is 36.4 Å². The van der Waals surface area contributed by atoms with E-state index in [2.05, 4.69) is 0 Å². The minimum Gasteiger partial charge on any atom is -0.504 e. The Bertz CT molecular complexity index is 3190. The third-order valence-corrected chi connectivity index (χ3v) is 10.5. The van der Waals surface area contributed by atoms with Gasteiger partial charge in [-0.2, -0.15) is 0 Å². The molecule has 0 spiro atoms. The second-order valence-electron chi connectivity index (χ2n) is 13.2. The molecule has 0 radical (unpaired) electrons. The minimum atomic E-state index is -0.933. The Kier molecular flexibility index (Phi) is 6.01. The lowest BCUT2D eigenvalue weighted by Crippen LogP contribution is -1.95. The van der Waals surface area contributed by atoms with E-state index < -0.39 is 56.8 Å². The van der Waals surface area contributed by atoms with Crippen LogP contribution in [0, 0.1) is 0 Å². The normalized spacial score (nSPS) is 12.0. The lowest BCUT2D eigenvalue weighted by atomic mass is 9.83. The van der Waals surface area contributed by atoms with Crippen LogP contribution < -0.4 is 0 Å². The molecule has 9 nitrogen and oxygen atoms in total. The number of para-hydroxylation sites is 2. The summed E-state index contributed by atoms with van der Waals surface area (Å²) in [7, 11) is 0. The highest BCUT2D eigenvalue weighted by atomic mass is 16.3. The molecule has 10 rings (SSSR count). The van der Waals surface area contributed by atoms with Crippen LogP contribution in [0.4, 0.5) is 0 Å². The molecule has 0 bridgehead atoms. The molecule has 10 aromatic rings. The summed E-state index contributed by atoms with van der Waals surface area (Å²) in [6.45, 7) is 0. The van der Waals surface area contributed by atoms with Gasteiger partial charge in [-0.15, -0.1) is 0 Å². The van der Waals surface area contributed by atoms with Crippen molar-refractivity contribution < 1.29 is 45.3 Å². The Morgan fingerprint density at radius 2 is 0.792 bits per heavy atom. The van der Waals surface area contributed by atoms with Gasteiger partial charge in [-0.05, 0) is 33.5 Å². The van der Waals surface area contributed by atoms with E-state index in [1.807, 2.05) is 72.8 Å². The van der Waals surface area contributed by atoms with E-state index in [-0.39, 0.29) is 38.2 Å². The van der Waals surface area contributed by atoms with Crippen molar-refractivity contribution in [1.82, 2.24) is 0 Å². The zero-order valence-electron chi connectivity index (χ0n) is 27.4. The smallest absolute Gasteiger partial charge is 0.170 e. The molecular formula is C44H26O9. The average Bonchev–Trinajstić information content (AvgIpc) is 3.57. The molecule has 0 atom stereocenters. The van der Waals surface area contributed by atoms with E-state index in [0.29, 0.717) is 22.1 Å². The lowest BCUT2D eigenvalue weighted by Gasteiger charge is -2.23. The van der Waals surface area contributed by atoms with Gasteiger partial charge in [0.1, 0.15) is 11.2 Å². The molecule has 0 aliphatic carbocycles. The molecule has 0 amide bonds. The molecule has 0 saturated carbocycles. The van der Waals surface area contributed by atoms with E-state index >= 15 is 0 Å². The fraction of sp³-hybridized carbons (Fsp3) is 0. The molecule has 9 heteroatoms. The predicted molar refractivity (Wildman–Crippen MR) is 205 cm³/mol. The minimum absolute atomic E-state index is 0.0888. The van der Waals surface area contributed by atoms with Gasteiger partial charge in [-0.1, -0.05) is 103 Å². The number of fused-ring (bicyclic) bond motifs is 4. The second kappa shape index (κ2) is 10.5. The fourth-order valence-electron chi connectivity index (χ4n) is 8.14. The zero-order chi connectivity index (χ0) is 36.4. The van der Waals surface area contributed by atoms with Gasteiger partial charge < -0.3 is 45.3 Å². The molecule has 1 aromatic heterocycles. The first-order valence-corrected chi connectivity index (χ1v) is 16.7. The molecule has 9 aromatic carbocycles. The van der Waals surface area contributed by atoms with Crippen LogP contribution in [-0.4, -0.2) is 40.9 Å². The van der Waals surface area contributed by atoms with Gasteiger partial charge in [0.15, 0.2) is 46.0 Å². The monoisotopic (exact) mass is 698 g/mol. The molecule has 1 heterocycles. The third kappa shape index (κ3) is 3.85. The van der Waals surface area contributed by atoms with Crippen LogP contribution >= 0.6 is 0 Å². The Morgan fingerprint density at radius 3 is 1.49 bits per heavy atom. The van der Waals surface area contributed by atoms with E-state index in [1.165, 1.54) is 0 Å². The van der Waals surface area contributed by atoms with Crippen molar-refractivity contribution in [3.63, 3.8) is 0 Å². The number of rotatable bonds is 3. The van der Waals surface area contributed by atoms with Gasteiger partial charge in [0.25, 0.3) is 0 Å². The van der Waals surface area contributed by atoms with Gasteiger partial charge >= 0.3 is 0 Å². The topological polar surface area (TPSA) is 175 Å². The fourth-order valence-corrected chi connectivity index (χ4v) is 8.14. The van der Waals surface area contributed by atoms with Crippen LogP contribution in [0.1, 0.15) is 0 Å². The molecule has 0 aliphatic heterocycles. The average molecular weight is 699 g/mol. The third-order valence-electron chi connectivity index (χ3n) is 10.5. The van der Waals surface area contributed by atoms with Crippen molar-refractivity contribution in [3.8, 4) is 79.4 Å².